The van der Waals surface area contributed by atoms with Crippen LogP contribution in [0.1, 0.15) is 16.8 Å². The molecule has 1 aromatic carbocycles. The lowest BCUT2D eigenvalue weighted by atomic mass is 10.2. The standard InChI is InChI=1S/C13H12BrN3O3S/c14-10-2-3-12-11(8-10)13(18)17(21(12,19)20)6-1-5-16-7-4-15-9-16/h2-4,7-9H,1,5-6H2. The number of carbonyl (C=O) groups excluding carboxylic acids is 1. The monoisotopic (exact) mass is 369 g/mol. The zero-order valence-electron chi connectivity index (χ0n) is 10.9. The van der Waals surface area contributed by atoms with E-state index in [1.165, 1.54) is 6.07 Å². The summed E-state index contributed by atoms with van der Waals surface area (Å²) in [6.07, 6.45) is 5.65. The Balaban J connectivity index is 1.79. The minimum atomic E-state index is -3.72. The van der Waals surface area contributed by atoms with Gasteiger partial charge in [-0.2, -0.15) is 0 Å². The van der Waals surface area contributed by atoms with Crippen LogP contribution >= 0.6 is 15.9 Å². The number of fused-ring (bicyclic) bond motifs is 1. The number of halogens is 1. The van der Waals surface area contributed by atoms with Crippen LogP contribution in [0.25, 0.3) is 0 Å². The lowest BCUT2D eigenvalue weighted by Crippen LogP contribution is -2.31. The molecule has 2 heterocycles. The van der Waals surface area contributed by atoms with Gasteiger partial charge in [-0.3, -0.25) is 4.79 Å². The second kappa shape index (κ2) is 5.27. The van der Waals surface area contributed by atoms with E-state index in [0.29, 0.717) is 17.4 Å². The number of sulfonamides is 1. The molecule has 1 aliphatic rings. The number of aromatic nitrogens is 2. The minimum absolute atomic E-state index is 0.0818. The van der Waals surface area contributed by atoms with Crippen LogP contribution in [0.4, 0.5) is 0 Å². The Labute approximate surface area is 130 Å². The highest BCUT2D eigenvalue weighted by molar-refractivity contribution is 9.10. The first-order chi connectivity index (χ1) is 10.00. The van der Waals surface area contributed by atoms with Crippen LogP contribution in [0.2, 0.25) is 0 Å². The van der Waals surface area contributed by atoms with Crippen molar-refractivity contribution >= 4 is 31.9 Å². The fourth-order valence-electron chi connectivity index (χ4n) is 2.29. The zero-order chi connectivity index (χ0) is 15.0. The third-order valence-electron chi connectivity index (χ3n) is 3.30. The van der Waals surface area contributed by atoms with E-state index in [1.807, 2.05) is 4.57 Å². The van der Waals surface area contributed by atoms with Crippen LogP contribution < -0.4 is 0 Å². The van der Waals surface area contributed by atoms with E-state index < -0.39 is 15.9 Å². The third-order valence-corrected chi connectivity index (χ3v) is 5.64. The van der Waals surface area contributed by atoms with Crippen molar-refractivity contribution in [1.29, 1.82) is 0 Å². The first-order valence-electron chi connectivity index (χ1n) is 6.32. The number of carbonyl (C=O) groups is 1. The maximum atomic E-state index is 12.4. The van der Waals surface area contributed by atoms with Crippen LogP contribution in [0.15, 0.2) is 46.3 Å². The molecule has 1 aliphatic heterocycles. The summed E-state index contributed by atoms with van der Waals surface area (Å²) in [6, 6.07) is 4.63. The second-order valence-electron chi connectivity index (χ2n) is 4.68. The Morgan fingerprint density at radius 2 is 2.05 bits per heavy atom. The lowest BCUT2D eigenvalue weighted by Gasteiger charge is -2.14. The largest absolute Gasteiger partial charge is 0.337 e. The van der Waals surface area contributed by atoms with Gasteiger partial charge in [0.2, 0.25) is 0 Å². The van der Waals surface area contributed by atoms with Gasteiger partial charge in [-0.15, -0.1) is 0 Å². The van der Waals surface area contributed by atoms with E-state index >= 15 is 0 Å². The fourth-order valence-corrected chi connectivity index (χ4v) is 4.24. The Morgan fingerprint density at radius 3 is 2.76 bits per heavy atom. The van der Waals surface area contributed by atoms with E-state index in [2.05, 4.69) is 20.9 Å². The van der Waals surface area contributed by atoms with Crippen molar-refractivity contribution in [2.45, 2.75) is 17.9 Å². The number of aryl methyl sites for hydroxylation is 1. The van der Waals surface area contributed by atoms with Gasteiger partial charge in [0.05, 0.1) is 11.9 Å². The van der Waals surface area contributed by atoms with Gasteiger partial charge in [0.15, 0.2) is 0 Å². The molecule has 1 aromatic heterocycles. The molecular weight excluding hydrogens is 358 g/mol. The van der Waals surface area contributed by atoms with Crippen molar-refractivity contribution in [3.63, 3.8) is 0 Å². The number of imidazole rings is 1. The van der Waals surface area contributed by atoms with Gasteiger partial charge in [-0.25, -0.2) is 17.7 Å². The molecule has 0 N–H and O–H groups in total. The summed E-state index contributed by atoms with van der Waals surface area (Å²) in [6.45, 7) is 0.769. The van der Waals surface area contributed by atoms with Gasteiger partial charge in [-0.1, -0.05) is 15.9 Å². The molecular formula is C13H12BrN3O3S. The molecule has 0 bridgehead atoms. The van der Waals surface area contributed by atoms with Crippen molar-refractivity contribution in [3.8, 4) is 0 Å². The topological polar surface area (TPSA) is 72.3 Å². The second-order valence-corrected chi connectivity index (χ2v) is 7.42. The van der Waals surface area contributed by atoms with Gasteiger partial charge in [0, 0.05) is 30.0 Å². The molecule has 0 atom stereocenters. The molecule has 0 saturated heterocycles. The maximum absolute atomic E-state index is 12.4. The van der Waals surface area contributed by atoms with Crippen LogP contribution in [0.3, 0.4) is 0 Å². The molecule has 0 spiro atoms. The highest BCUT2D eigenvalue weighted by Gasteiger charge is 2.40. The Kier molecular flexibility index (Phi) is 3.58. The number of hydrogen-bond donors (Lipinski definition) is 0. The number of nitrogens with zero attached hydrogens (tertiary/aromatic N) is 3. The molecule has 110 valence electrons. The van der Waals surface area contributed by atoms with E-state index in [1.54, 1.807) is 30.9 Å². The molecule has 21 heavy (non-hydrogen) atoms. The highest BCUT2D eigenvalue weighted by Crippen LogP contribution is 2.32. The summed E-state index contributed by atoms with van der Waals surface area (Å²) in [5.74, 6) is -0.461. The summed E-state index contributed by atoms with van der Waals surface area (Å²) < 4.78 is 28.2. The first kappa shape index (κ1) is 14.3. The lowest BCUT2D eigenvalue weighted by molar-refractivity contribution is 0.0869. The summed E-state index contributed by atoms with van der Waals surface area (Å²) >= 11 is 3.25. The van der Waals surface area contributed by atoms with Crippen molar-refractivity contribution in [2.24, 2.45) is 0 Å². The molecule has 1 amide bonds. The smallest absolute Gasteiger partial charge is 0.269 e. The van der Waals surface area contributed by atoms with Crippen molar-refractivity contribution in [1.82, 2.24) is 13.9 Å². The number of rotatable bonds is 4. The molecule has 0 unspecified atom stereocenters. The van der Waals surface area contributed by atoms with Crippen LogP contribution in [0.5, 0.6) is 0 Å². The Hall–Kier alpha value is -1.67. The number of benzene rings is 1. The van der Waals surface area contributed by atoms with Crippen molar-refractivity contribution < 1.29 is 13.2 Å². The maximum Gasteiger partial charge on any atom is 0.269 e. The Morgan fingerprint density at radius 1 is 1.24 bits per heavy atom. The van der Waals surface area contributed by atoms with Gasteiger partial charge in [-0.05, 0) is 24.6 Å². The third kappa shape index (κ3) is 2.49. The van der Waals surface area contributed by atoms with Gasteiger partial charge < -0.3 is 4.57 Å². The molecule has 8 heteroatoms. The Bertz CT molecular complexity index is 787. The summed E-state index contributed by atoms with van der Waals surface area (Å²) in [7, 11) is -3.72. The molecule has 6 nitrogen and oxygen atoms in total. The molecule has 3 rings (SSSR count). The van der Waals surface area contributed by atoms with E-state index in [9.17, 15) is 13.2 Å². The van der Waals surface area contributed by atoms with Crippen molar-refractivity contribution in [2.75, 3.05) is 6.54 Å². The average Bonchev–Trinajstić information content (AvgIpc) is 3.00. The predicted molar refractivity (Wildman–Crippen MR) is 79.2 cm³/mol. The van der Waals surface area contributed by atoms with Gasteiger partial charge in [0.25, 0.3) is 15.9 Å². The van der Waals surface area contributed by atoms with E-state index in [-0.39, 0.29) is 17.0 Å². The molecule has 0 aliphatic carbocycles. The van der Waals surface area contributed by atoms with E-state index in [0.717, 1.165) is 4.31 Å². The SMILES string of the molecule is O=C1c2cc(Br)ccc2S(=O)(=O)N1CCCn1ccnc1. The predicted octanol–water partition coefficient (Wildman–Crippen LogP) is 1.88. The number of hydrogen-bond acceptors (Lipinski definition) is 4. The fraction of sp³-hybridized carbons (Fsp3) is 0.231. The minimum Gasteiger partial charge on any atom is -0.337 e. The van der Waals surface area contributed by atoms with Crippen LogP contribution in [-0.4, -0.2) is 34.7 Å². The molecule has 0 saturated carbocycles. The van der Waals surface area contributed by atoms with Crippen molar-refractivity contribution in [3.05, 3.63) is 47.0 Å². The molecule has 2 aromatic rings. The summed E-state index contributed by atoms with van der Waals surface area (Å²) in [4.78, 5) is 16.3. The quantitative estimate of drug-likeness (QED) is 0.824. The van der Waals surface area contributed by atoms with Crippen LogP contribution in [0, 0.1) is 0 Å². The zero-order valence-corrected chi connectivity index (χ0v) is 13.3. The molecule has 0 fully saturated rings. The molecule has 0 radical (unpaired) electrons. The normalized spacial score (nSPS) is 16.2. The average molecular weight is 370 g/mol. The van der Waals surface area contributed by atoms with Crippen LogP contribution in [-0.2, 0) is 16.6 Å². The van der Waals surface area contributed by atoms with Gasteiger partial charge >= 0.3 is 0 Å². The van der Waals surface area contributed by atoms with Gasteiger partial charge in [0.1, 0.15) is 4.90 Å². The summed E-state index contributed by atoms with van der Waals surface area (Å²) in [5, 5.41) is 0. The number of amides is 1. The first-order valence-corrected chi connectivity index (χ1v) is 8.56. The summed E-state index contributed by atoms with van der Waals surface area (Å²) in [5.41, 5.74) is 0.229. The highest BCUT2D eigenvalue weighted by atomic mass is 79.9. The van der Waals surface area contributed by atoms with E-state index in [4.69, 9.17) is 0 Å².